The zero-order valence-electron chi connectivity index (χ0n) is 10.4. The number of fused-ring (bicyclic) bond motifs is 1. The Kier molecular flexibility index (Phi) is 3.59. The average molecular weight is 311 g/mol. The van der Waals surface area contributed by atoms with Crippen LogP contribution in [0.5, 0.6) is 0 Å². The molecular formula is C14H19BrN2O. The molecule has 1 heterocycles. The van der Waals surface area contributed by atoms with Crippen LogP contribution < -0.4 is 5.73 Å². The van der Waals surface area contributed by atoms with Crippen molar-refractivity contribution in [2.24, 2.45) is 0 Å². The smallest absolute Gasteiger partial charge is 0.0731 e. The highest BCUT2D eigenvalue weighted by atomic mass is 79.9. The van der Waals surface area contributed by atoms with Crippen LogP contribution in [-0.2, 0) is 11.3 Å². The second-order valence-electron chi connectivity index (χ2n) is 5.23. The number of morpholine rings is 1. The van der Waals surface area contributed by atoms with Gasteiger partial charge in [0.05, 0.1) is 12.7 Å². The molecule has 1 saturated heterocycles. The summed E-state index contributed by atoms with van der Waals surface area (Å²) in [6.45, 7) is 2.90. The van der Waals surface area contributed by atoms with Crippen LogP contribution in [0.15, 0.2) is 22.7 Å². The SMILES string of the molecule is Nc1cc(CN2CCOC3CCCC32)ccc1Br. The van der Waals surface area contributed by atoms with E-state index in [9.17, 15) is 0 Å². The maximum absolute atomic E-state index is 5.94. The molecule has 1 saturated carbocycles. The molecule has 3 rings (SSSR count). The molecule has 0 amide bonds. The second-order valence-corrected chi connectivity index (χ2v) is 6.09. The van der Waals surface area contributed by atoms with Gasteiger partial charge in [0, 0.05) is 29.3 Å². The maximum Gasteiger partial charge on any atom is 0.0731 e. The van der Waals surface area contributed by atoms with Crippen molar-refractivity contribution in [3.8, 4) is 0 Å². The topological polar surface area (TPSA) is 38.5 Å². The minimum Gasteiger partial charge on any atom is -0.398 e. The third kappa shape index (κ3) is 2.42. The van der Waals surface area contributed by atoms with Crippen molar-refractivity contribution in [1.82, 2.24) is 4.90 Å². The van der Waals surface area contributed by atoms with E-state index in [-0.39, 0.29) is 0 Å². The predicted molar refractivity (Wildman–Crippen MR) is 76.3 cm³/mol. The van der Waals surface area contributed by atoms with Gasteiger partial charge in [-0.3, -0.25) is 4.90 Å². The van der Waals surface area contributed by atoms with Gasteiger partial charge in [0.2, 0.25) is 0 Å². The molecule has 0 spiro atoms. The summed E-state index contributed by atoms with van der Waals surface area (Å²) in [5.41, 5.74) is 8.06. The molecule has 18 heavy (non-hydrogen) atoms. The molecule has 0 radical (unpaired) electrons. The van der Waals surface area contributed by atoms with Crippen molar-refractivity contribution in [2.75, 3.05) is 18.9 Å². The Morgan fingerprint density at radius 2 is 2.28 bits per heavy atom. The first-order valence-electron chi connectivity index (χ1n) is 6.63. The van der Waals surface area contributed by atoms with Gasteiger partial charge in [-0.1, -0.05) is 6.07 Å². The monoisotopic (exact) mass is 310 g/mol. The Morgan fingerprint density at radius 3 is 3.11 bits per heavy atom. The van der Waals surface area contributed by atoms with Gasteiger partial charge in [-0.05, 0) is 52.9 Å². The Bertz CT molecular complexity index is 438. The lowest BCUT2D eigenvalue weighted by atomic mass is 10.1. The zero-order valence-corrected chi connectivity index (χ0v) is 12.0. The minimum atomic E-state index is 0.464. The van der Waals surface area contributed by atoms with Crippen LogP contribution in [0.25, 0.3) is 0 Å². The largest absolute Gasteiger partial charge is 0.398 e. The summed E-state index contributed by atoms with van der Waals surface area (Å²) in [5, 5.41) is 0. The molecule has 2 aliphatic rings. The summed E-state index contributed by atoms with van der Waals surface area (Å²) in [5.74, 6) is 0. The molecule has 0 bridgehead atoms. The predicted octanol–water partition coefficient (Wildman–Crippen LogP) is 2.78. The summed E-state index contributed by atoms with van der Waals surface area (Å²) in [6, 6.07) is 6.88. The number of benzene rings is 1. The Morgan fingerprint density at radius 1 is 1.39 bits per heavy atom. The Hall–Kier alpha value is -0.580. The van der Waals surface area contributed by atoms with Gasteiger partial charge in [-0.25, -0.2) is 0 Å². The van der Waals surface area contributed by atoms with Crippen LogP contribution >= 0.6 is 15.9 Å². The highest BCUT2D eigenvalue weighted by Gasteiger charge is 2.35. The number of nitrogens with zero attached hydrogens (tertiary/aromatic N) is 1. The van der Waals surface area contributed by atoms with Gasteiger partial charge in [-0.2, -0.15) is 0 Å². The quantitative estimate of drug-likeness (QED) is 0.854. The maximum atomic E-state index is 5.94. The molecule has 2 fully saturated rings. The molecule has 0 aromatic heterocycles. The normalized spacial score (nSPS) is 28.3. The summed E-state index contributed by atoms with van der Waals surface area (Å²) in [7, 11) is 0. The second kappa shape index (κ2) is 5.19. The zero-order chi connectivity index (χ0) is 12.5. The molecule has 2 N–H and O–H groups in total. The first-order valence-corrected chi connectivity index (χ1v) is 7.43. The molecule has 3 nitrogen and oxygen atoms in total. The van der Waals surface area contributed by atoms with Gasteiger partial charge in [0.25, 0.3) is 0 Å². The van der Waals surface area contributed by atoms with Crippen molar-refractivity contribution < 1.29 is 4.74 Å². The van der Waals surface area contributed by atoms with Gasteiger partial charge < -0.3 is 10.5 Å². The number of rotatable bonds is 2. The van der Waals surface area contributed by atoms with Crippen molar-refractivity contribution >= 4 is 21.6 Å². The third-order valence-electron chi connectivity index (χ3n) is 4.04. The summed E-state index contributed by atoms with van der Waals surface area (Å²) in [4.78, 5) is 2.56. The lowest BCUT2D eigenvalue weighted by molar-refractivity contribution is -0.0588. The molecule has 1 aliphatic carbocycles. The fourth-order valence-corrected chi connectivity index (χ4v) is 3.37. The number of hydrogen-bond donors (Lipinski definition) is 1. The van der Waals surface area contributed by atoms with Crippen LogP contribution in [0.1, 0.15) is 24.8 Å². The van der Waals surface area contributed by atoms with Crippen LogP contribution in [-0.4, -0.2) is 30.2 Å². The van der Waals surface area contributed by atoms with E-state index in [0.717, 1.165) is 29.9 Å². The van der Waals surface area contributed by atoms with Crippen molar-refractivity contribution in [3.05, 3.63) is 28.2 Å². The standard InChI is InChI=1S/C14H19BrN2O/c15-11-5-4-10(8-12(11)16)9-17-6-7-18-14-3-1-2-13(14)17/h4-5,8,13-14H,1-3,6-7,9,16H2. The van der Waals surface area contributed by atoms with E-state index in [2.05, 4.69) is 33.0 Å². The van der Waals surface area contributed by atoms with Gasteiger partial charge in [-0.15, -0.1) is 0 Å². The van der Waals surface area contributed by atoms with Crippen LogP contribution in [0.4, 0.5) is 5.69 Å². The summed E-state index contributed by atoms with van der Waals surface area (Å²) < 4.78 is 6.82. The lowest BCUT2D eigenvalue weighted by Crippen LogP contribution is -2.47. The number of halogens is 1. The summed E-state index contributed by atoms with van der Waals surface area (Å²) in [6.07, 6.45) is 4.26. The lowest BCUT2D eigenvalue weighted by Gasteiger charge is -2.37. The molecule has 2 unspecified atom stereocenters. The van der Waals surface area contributed by atoms with E-state index < -0.39 is 0 Å². The Balaban J connectivity index is 1.73. The fraction of sp³-hybridized carbons (Fsp3) is 0.571. The van der Waals surface area contributed by atoms with Gasteiger partial charge in [0.1, 0.15) is 0 Å². The number of ether oxygens (including phenoxy) is 1. The van der Waals surface area contributed by atoms with E-state index >= 15 is 0 Å². The number of nitrogen functional groups attached to an aromatic ring is 1. The van der Waals surface area contributed by atoms with Crippen LogP contribution in [0.3, 0.4) is 0 Å². The fourth-order valence-electron chi connectivity index (χ4n) is 3.13. The molecule has 98 valence electrons. The van der Waals surface area contributed by atoms with Gasteiger partial charge >= 0.3 is 0 Å². The highest BCUT2D eigenvalue weighted by Crippen LogP contribution is 2.31. The van der Waals surface area contributed by atoms with Crippen molar-refractivity contribution in [2.45, 2.75) is 38.0 Å². The summed E-state index contributed by atoms with van der Waals surface area (Å²) >= 11 is 3.44. The Labute approximate surface area is 116 Å². The molecule has 1 aromatic carbocycles. The molecule has 4 heteroatoms. The minimum absolute atomic E-state index is 0.464. The number of anilines is 1. The number of hydrogen-bond acceptors (Lipinski definition) is 3. The van der Waals surface area contributed by atoms with Crippen LogP contribution in [0.2, 0.25) is 0 Å². The average Bonchev–Trinajstić information content (AvgIpc) is 2.83. The van der Waals surface area contributed by atoms with E-state index in [1.807, 2.05) is 6.07 Å². The highest BCUT2D eigenvalue weighted by molar-refractivity contribution is 9.10. The van der Waals surface area contributed by atoms with Crippen molar-refractivity contribution in [3.63, 3.8) is 0 Å². The molecule has 1 aliphatic heterocycles. The first-order chi connectivity index (χ1) is 8.74. The number of nitrogens with two attached hydrogens (primary N) is 1. The first kappa shape index (κ1) is 12.5. The van der Waals surface area contributed by atoms with Gasteiger partial charge in [0.15, 0.2) is 0 Å². The van der Waals surface area contributed by atoms with Crippen molar-refractivity contribution in [1.29, 1.82) is 0 Å². The van der Waals surface area contributed by atoms with E-state index in [1.165, 1.54) is 24.8 Å². The molecule has 1 aromatic rings. The molecule has 2 atom stereocenters. The molecular weight excluding hydrogens is 292 g/mol. The van der Waals surface area contributed by atoms with E-state index in [0.29, 0.717) is 12.1 Å². The van der Waals surface area contributed by atoms with E-state index in [1.54, 1.807) is 0 Å². The van der Waals surface area contributed by atoms with Crippen LogP contribution in [0, 0.1) is 0 Å². The van der Waals surface area contributed by atoms with E-state index in [4.69, 9.17) is 10.5 Å². The third-order valence-corrected chi connectivity index (χ3v) is 4.77.